The Morgan fingerprint density at radius 2 is 1.95 bits per heavy atom. The summed E-state index contributed by atoms with van der Waals surface area (Å²) in [6.45, 7) is 5.78. The average molecular weight is 530 g/mol. The molecule has 5 rings (SSSR count). The largest absolute Gasteiger partial charge is 0.493 e. The lowest BCUT2D eigenvalue weighted by molar-refractivity contribution is -0.117. The first-order valence-corrected chi connectivity index (χ1v) is 13.4. The van der Waals surface area contributed by atoms with Gasteiger partial charge in [0.05, 0.1) is 24.8 Å². The molecule has 0 saturated carbocycles. The number of aryl methyl sites for hydroxylation is 1. The maximum atomic E-state index is 13.0. The molecule has 1 aliphatic rings. The van der Waals surface area contributed by atoms with Gasteiger partial charge >= 0.3 is 0 Å². The Hall–Kier alpha value is -3.77. The van der Waals surface area contributed by atoms with E-state index in [-0.39, 0.29) is 11.8 Å². The molecule has 1 amide bonds. The number of benzene rings is 3. The molecule has 7 heteroatoms. The number of hydrogen-bond donors (Lipinski definition) is 0. The number of hydrogen-bond acceptors (Lipinski definition) is 4. The van der Waals surface area contributed by atoms with Gasteiger partial charge in [0.25, 0.3) is 0 Å². The normalized spacial score (nSPS) is 15.3. The SMILES string of the molecule is C=CCc1ccc(OCCCCn2c(C3CC(=O)N(c4cccc(Cl)c4)C3)nc3ccccc32)c(OC)c1. The van der Waals surface area contributed by atoms with Gasteiger partial charge in [0.15, 0.2) is 11.5 Å². The summed E-state index contributed by atoms with van der Waals surface area (Å²) in [4.78, 5) is 19.7. The summed E-state index contributed by atoms with van der Waals surface area (Å²) in [6.07, 6.45) is 4.90. The minimum Gasteiger partial charge on any atom is -0.493 e. The highest BCUT2D eigenvalue weighted by atomic mass is 35.5. The highest BCUT2D eigenvalue weighted by Crippen LogP contribution is 2.34. The van der Waals surface area contributed by atoms with Crippen LogP contribution in [0, 0.1) is 0 Å². The maximum Gasteiger partial charge on any atom is 0.227 e. The van der Waals surface area contributed by atoms with E-state index in [0.29, 0.717) is 24.6 Å². The zero-order valence-corrected chi connectivity index (χ0v) is 22.4. The van der Waals surface area contributed by atoms with Gasteiger partial charge < -0.3 is 18.9 Å². The van der Waals surface area contributed by atoms with Crippen LogP contribution < -0.4 is 14.4 Å². The predicted octanol–water partition coefficient (Wildman–Crippen LogP) is 6.81. The minimum atomic E-state index is 0.0171. The summed E-state index contributed by atoms with van der Waals surface area (Å²) in [5.74, 6) is 2.56. The third kappa shape index (κ3) is 5.55. The first kappa shape index (κ1) is 25.9. The van der Waals surface area contributed by atoms with Gasteiger partial charge in [0.2, 0.25) is 5.91 Å². The first-order chi connectivity index (χ1) is 18.6. The summed E-state index contributed by atoms with van der Waals surface area (Å²) in [7, 11) is 1.66. The van der Waals surface area contributed by atoms with E-state index in [1.165, 1.54) is 0 Å². The molecule has 1 atom stereocenters. The Labute approximate surface area is 228 Å². The number of carbonyl (C=O) groups excluding carboxylic acids is 1. The van der Waals surface area contributed by atoms with E-state index in [4.69, 9.17) is 26.1 Å². The van der Waals surface area contributed by atoms with Crippen LogP contribution in [0.25, 0.3) is 11.0 Å². The number of rotatable bonds is 11. The van der Waals surface area contributed by atoms with Crippen LogP contribution in [0.4, 0.5) is 5.69 Å². The second kappa shape index (κ2) is 11.7. The van der Waals surface area contributed by atoms with Gasteiger partial charge in [0, 0.05) is 36.1 Å². The number of unbranched alkanes of at least 4 members (excludes halogenated alkanes) is 1. The second-order valence-electron chi connectivity index (χ2n) is 9.53. The number of fused-ring (bicyclic) bond motifs is 1. The molecule has 0 aliphatic carbocycles. The molecular weight excluding hydrogens is 498 g/mol. The van der Waals surface area contributed by atoms with Gasteiger partial charge in [0.1, 0.15) is 5.82 Å². The number of amides is 1. The lowest BCUT2D eigenvalue weighted by Gasteiger charge is -2.18. The number of allylic oxidation sites excluding steroid dienone is 1. The number of methoxy groups -OCH3 is 1. The lowest BCUT2D eigenvalue weighted by Crippen LogP contribution is -2.24. The number of imidazole rings is 1. The standard InChI is InChI=1S/C31H32ClN3O3/c1-3-9-22-14-15-28(29(18-22)37-2)38-17-7-6-16-34-27-13-5-4-12-26(27)33-31(34)23-19-30(36)35(21-23)25-11-8-10-24(32)20-25/h3-5,8,10-15,18,20,23H,1,6-7,9,16-17,19,21H2,2H3. The van der Waals surface area contributed by atoms with Crippen LogP contribution in [-0.4, -0.2) is 35.7 Å². The fourth-order valence-corrected chi connectivity index (χ4v) is 5.28. The molecule has 1 aliphatic heterocycles. The Morgan fingerprint density at radius 1 is 1.08 bits per heavy atom. The van der Waals surface area contributed by atoms with E-state index in [1.807, 2.05) is 71.6 Å². The number of carbonyl (C=O) groups is 1. The van der Waals surface area contributed by atoms with Gasteiger partial charge in [-0.05, 0) is 67.3 Å². The average Bonchev–Trinajstić information content (AvgIpc) is 3.49. The molecule has 4 aromatic rings. The van der Waals surface area contributed by atoms with Crippen molar-refractivity contribution in [2.45, 2.75) is 38.1 Å². The van der Waals surface area contributed by atoms with Crippen molar-refractivity contribution < 1.29 is 14.3 Å². The molecule has 0 N–H and O–H groups in total. The van der Waals surface area contributed by atoms with Crippen molar-refractivity contribution in [1.29, 1.82) is 0 Å². The van der Waals surface area contributed by atoms with E-state index in [1.54, 1.807) is 7.11 Å². The third-order valence-electron chi connectivity index (χ3n) is 6.94. The van der Waals surface area contributed by atoms with E-state index in [0.717, 1.165) is 65.4 Å². The van der Waals surface area contributed by atoms with Crippen molar-refractivity contribution in [3.8, 4) is 11.5 Å². The van der Waals surface area contributed by atoms with E-state index < -0.39 is 0 Å². The van der Waals surface area contributed by atoms with Crippen LogP contribution in [-0.2, 0) is 17.8 Å². The quantitative estimate of drug-likeness (QED) is 0.158. The van der Waals surface area contributed by atoms with Gasteiger partial charge in [-0.3, -0.25) is 4.79 Å². The van der Waals surface area contributed by atoms with Crippen LogP contribution in [0.3, 0.4) is 0 Å². The molecule has 0 bridgehead atoms. The van der Waals surface area contributed by atoms with E-state index in [2.05, 4.69) is 17.2 Å². The van der Waals surface area contributed by atoms with Crippen molar-refractivity contribution >= 4 is 34.2 Å². The monoisotopic (exact) mass is 529 g/mol. The molecule has 1 saturated heterocycles. The van der Waals surface area contributed by atoms with Crippen molar-refractivity contribution in [3.63, 3.8) is 0 Å². The number of aromatic nitrogens is 2. The Bertz CT molecular complexity index is 1450. The summed E-state index contributed by atoms with van der Waals surface area (Å²) in [5, 5.41) is 0.624. The zero-order valence-electron chi connectivity index (χ0n) is 21.6. The maximum absolute atomic E-state index is 13.0. The molecule has 1 unspecified atom stereocenters. The summed E-state index contributed by atoms with van der Waals surface area (Å²) < 4.78 is 13.8. The van der Waals surface area contributed by atoms with Crippen LogP contribution in [0.2, 0.25) is 5.02 Å². The van der Waals surface area contributed by atoms with Gasteiger partial charge in [-0.15, -0.1) is 6.58 Å². The Kier molecular flexibility index (Phi) is 7.99. The fraction of sp³-hybridized carbons (Fsp3) is 0.290. The summed E-state index contributed by atoms with van der Waals surface area (Å²) in [5.41, 5.74) is 4.02. The van der Waals surface area contributed by atoms with Gasteiger partial charge in [-0.1, -0.05) is 41.9 Å². The van der Waals surface area contributed by atoms with Crippen molar-refractivity contribution in [1.82, 2.24) is 9.55 Å². The highest BCUT2D eigenvalue weighted by molar-refractivity contribution is 6.30. The molecular formula is C31H32ClN3O3. The predicted molar refractivity (Wildman–Crippen MR) is 153 cm³/mol. The topological polar surface area (TPSA) is 56.6 Å². The number of ether oxygens (including phenoxy) is 2. The van der Waals surface area contributed by atoms with Gasteiger partial charge in [-0.2, -0.15) is 0 Å². The molecule has 2 heterocycles. The van der Waals surface area contributed by atoms with Crippen molar-refractivity contribution in [3.05, 3.63) is 95.8 Å². The van der Waals surface area contributed by atoms with Crippen LogP contribution in [0.1, 0.15) is 36.6 Å². The second-order valence-corrected chi connectivity index (χ2v) is 9.97. The summed E-state index contributed by atoms with van der Waals surface area (Å²) in [6, 6.07) is 21.6. The molecule has 0 radical (unpaired) electrons. The number of anilines is 1. The molecule has 0 spiro atoms. The number of nitrogens with zero attached hydrogens (tertiary/aromatic N) is 3. The Morgan fingerprint density at radius 3 is 2.76 bits per heavy atom. The van der Waals surface area contributed by atoms with E-state index in [9.17, 15) is 4.79 Å². The van der Waals surface area contributed by atoms with E-state index >= 15 is 0 Å². The zero-order chi connectivity index (χ0) is 26.5. The molecule has 196 valence electrons. The van der Waals surface area contributed by atoms with Crippen LogP contribution in [0.5, 0.6) is 11.5 Å². The molecule has 1 aromatic heterocycles. The molecule has 1 fully saturated rings. The fourth-order valence-electron chi connectivity index (χ4n) is 5.09. The Balaban J connectivity index is 1.26. The molecule has 3 aromatic carbocycles. The molecule has 6 nitrogen and oxygen atoms in total. The summed E-state index contributed by atoms with van der Waals surface area (Å²) >= 11 is 6.19. The van der Waals surface area contributed by atoms with Crippen molar-refractivity contribution in [2.75, 3.05) is 25.2 Å². The minimum absolute atomic E-state index is 0.0171. The first-order valence-electron chi connectivity index (χ1n) is 13.0. The highest BCUT2D eigenvalue weighted by Gasteiger charge is 2.34. The smallest absolute Gasteiger partial charge is 0.227 e. The van der Waals surface area contributed by atoms with Crippen LogP contribution >= 0.6 is 11.6 Å². The van der Waals surface area contributed by atoms with Gasteiger partial charge in [-0.25, -0.2) is 4.98 Å². The third-order valence-corrected chi connectivity index (χ3v) is 7.17. The van der Waals surface area contributed by atoms with Crippen LogP contribution in [0.15, 0.2) is 79.4 Å². The number of halogens is 1. The lowest BCUT2D eigenvalue weighted by atomic mass is 10.1. The van der Waals surface area contributed by atoms with Crippen molar-refractivity contribution in [2.24, 2.45) is 0 Å². The number of para-hydroxylation sites is 2. The molecule has 38 heavy (non-hydrogen) atoms.